The van der Waals surface area contributed by atoms with E-state index < -0.39 is 7.12 Å². The Morgan fingerprint density at radius 1 is 1.08 bits per heavy atom. The minimum atomic E-state index is -0.415. The maximum absolute atomic E-state index is 12.7. The number of rotatable bonds is 6. The number of hydrogen-bond acceptors (Lipinski definition) is 3. The molecule has 1 amide bonds. The molecule has 1 fully saturated rings. The van der Waals surface area contributed by atoms with Crippen LogP contribution in [0.25, 0.3) is 0 Å². The molecular formula is C20H30BNO3. The average molecular weight is 343 g/mol. The summed E-state index contributed by atoms with van der Waals surface area (Å²) < 4.78 is 12.2. The third-order valence-electron chi connectivity index (χ3n) is 5.82. The van der Waals surface area contributed by atoms with Gasteiger partial charge in [0.25, 0.3) is 5.91 Å². The molecule has 136 valence electrons. The van der Waals surface area contributed by atoms with Crippen molar-refractivity contribution in [2.45, 2.75) is 78.0 Å². The molecule has 2 aliphatic heterocycles. The van der Waals surface area contributed by atoms with Gasteiger partial charge in [-0.15, -0.1) is 0 Å². The van der Waals surface area contributed by atoms with Gasteiger partial charge in [-0.3, -0.25) is 4.79 Å². The fourth-order valence-electron chi connectivity index (χ4n) is 3.41. The highest BCUT2D eigenvalue weighted by molar-refractivity contribution is 6.62. The third-order valence-corrected chi connectivity index (χ3v) is 5.82. The topological polar surface area (TPSA) is 38.8 Å². The Labute approximate surface area is 152 Å². The molecular weight excluding hydrogens is 313 g/mol. The number of fused-ring (bicyclic) bond motifs is 1. The van der Waals surface area contributed by atoms with Gasteiger partial charge in [0.05, 0.1) is 11.2 Å². The van der Waals surface area contributed by atoms with Gasteiger partial charge in [0.2, 0.25) is 0 Å². The van der Waals surface area contributed by atoms with Gasteiger partial charge in [-0.05, 0) is 51.2 Å². The van der Waals surface area contributed by atoms with Crippen molar-refractivity contribution < 1.29 is 14.1 Å². The Morgan fingerprint density at radius 3 is 2.40 bits per heavy atom. The van der Waals surface area contributed by atoms with Crippen molar-refractivity contribution in [1.82, 2.24) is 4.90 Å². The van der Waals surface area contributed by atoms with E-state index in [1.807, 2.05) is 44.7 Å². The van der Waals surface area contributed by atoms with Crippen LogP contribution < -0.4 is 5.46 Å². The van der Waals surface area contributed by atoms with Crippen molar-refractivity contribution in [3.05, 3.63) is 29.3 Å². The molecule has 1 saturated heterocycles. The number of carbonyl (C=O) groups is 1. The van der Waals surface area contributed by atoms with E-state index in [1.165, 1.54) is 19.3 Å². The zero-order chi connectivity index (χ0) is 18.2. The molecule has 0 N–H and O–H groups in total. The van der Waals surface area contributed by atoms with Crippen LogP contribution >= 0.6 is 0 Å². The standard InChI is InChI=1S/C20H30BNO3/c1-6-7-8-9-12-22-14-15-10-11-16(13-17(15)18(22)23)21-24-19(2,3)20(4,5)25-21/h10-11,13H,6-9,12,14H2,1-5H3. The van der Waals surface area contributed by atoms with E-state index in [4.69, 9.17) is 9.31 Å². The maximum Gasteiger partial charge on any atom is 0.494 e. The van der Waals surface area contributed by atoms with E-state index in [9.17, 15) is 4.79 Å². The molecule has 1 aromatic carbocycles. The monoisotopic (exact) mass is 343 g/mol. The summed E-state index contributed by atoms with van der Waals surface area (Å²) in [4.78, 5) is 14.7. The van der Waals surface area contributed by atoms with Crippen molar-refractivity contribution in [1.29, 1.82) is 0 Å². The smallest absolute Gasteiger partial charge is 0.399 e. The summed E-state index contributed by atoms with van der Waals surface area (Å²) in [6.07, 6.45) is 4.72. The minimum Gasteiger partial charge on any atom is -0.399 e. The van der Waals surface area contributed by atoms with Gasteiger partial charge in [0.1, 0.15) is 0 Å². The van der Waals surface area contributed by atoms with Crippen LogP contribution in [0.2, 0.25) is 0 Å². The maximum atomic E-state index is 12.7. The summed E-state index contributed by atoms with van der Waals surface area (Å²) in [7, 11) is -0.415. The molecule has 2 aliphatic rings. The molecule has 4 nitrogen and oxygen atoms in total. The summed E-state index contributed by atoms with van der Waals surface area (Å²) >= 11 is 0. The highest BCUT2D eigenvalue weighted by Crippen LogP contribution is 2.36. The zero-order valence-corrected chi connectivity index (χ0v) is 16.2. The second-order valence-electron chi connectivity index (χ2n) is 8.29. The molecule has 0 radical (unpaired) electrons. The van der Waals surface area contributed by atoms with E-state index in [-0.39, 0.29) is 17.1 Å². The average Bonchev–Trinajstić information content (AvgIpc) is 2.97. The van der Waals surface area contributed by atoms with E-state index in [1.54, 1.807) is 0 Å². The lowest BCUT2D eigenvalue weighted by Crippen LogP contribution is -2.41. The fraction of sp³-hybridized carbons (Fsp3) is 0.650. The number of amides is 1. The molecule has 0 aliphatic carbocycles. The van der Waals surface area contributed by atoms with Crippen molar-refractivity contribution in [2.75, 3.05) is 6.54 Å². The normalized spacial score (nSPS) is 21.1. The zero-order valence-electron chi connectivity index (χ0n) is 16.2. The molecule has 0 atom stereocenters. The molecule has 0 unspecified atom stereocenters. The third kappa shape index (κ3) is 3.49. The predicted octanol–water partition coefficient (Wildman–Crippen LogP) is 3.52. The first-order valence-electron chi connectivity index (χ1n) is 9.53. The van der Waals surface area contributed by atoms with E-state index >= 15 is 0 Å². The number of unbranched alkanes of at least 4 members (excludes halogenated alkanes) is 3. The van der Waals surface area contributed by atoms with Crippen LogP contribution in [0, 0.1) is 0 Å². The first kappa shape index (κ1) is 18.5. The number of nitrogens with zero attached hydrogens (tertiary/aromatic N) is 1. The lowest BCUT2D eigenvalue weighted by molar-refractivity contribution is 0.00578. The molecule has 2 heterocycles. The van der Waals surface area contributed by atoms with Gasteiger partial charge in [0.15, 0.2) is 0 Å². The molecule has 0 spiro atoms. The molecule has 0 bridgehead atoms. The molecule has 1 aromatic rings. The Hall–Kier alpha value is -1.33. The van der Waals surface area contributed by atoms with Crippen LogP contribution in [-0.2, 0) is 15.9 Å². The van der Waals surface area contributed by atoms with Crippen molar-refractivity contribution >= 4 is 18.5 Å². The highest BCUT2D eigenvalue weighted by atomic mass is 16.7. The highest BCUT2D eigenvalue weighted by Gasteiger charge is 2.51. The van der Waals surface area contributed by atoms with Crippen molar-refractivity contribution in [3.63, 3.8) is 0 Å². The summed E-state index contributed by atoms with van der Waals surface area (Å²) in [6.45, 7) is 12.0. The fourth-order valence-corrected chi connectivity index (χ4v) is 3.41. The Morgan fingerprint density at radius 2 is 1.76 bits per heavy atom. The van der Waals surface area contributed by atoms with E-state index in [0.29, 0.717) is 0 Å². The predicted molar refractivity (Wildman–Crippen MR) is 101 cm³/mol. The SMILES string of the molecule is CCCCCCN1Cc2ccc(B3OC(C)(C)C(C)(C)O3)cc2C1=O. The van der Waals surface area contributed by atoms with Crippen LogP contribution in [0.5, 0.6) is 0 Å². The summed E-state index contributed by atoms with van der Waals surface area (Å²) in [6, 6.07) is 6.06. The minimum absolute atomic E-state index is 0.143. The van der Waals surface area contributed by atoms with Gasteiger partial charge in [-0.25, -0.2) is 0 Å². The first-order valence-corrected chi connectivity index (χ1v) is 9.53. The van der Waals surface area contributed by atoms with Crippen LogP contribution in [0.15, 0.2) is 18.2 Å². The Balaban J connectivity index is 1.71. The lowest BCUT2D eigenvalue weighted by atomic mass is 9.78. The van der Waals surface area contributed by atoms with E-state index in [0.717, 1.165) is 36.1 Å². The van der Waals surface area contributed by atoms with Crippen LogP contribution in [-0.4, -0.2) is 35.7 Å². The van der Waals surface area contributed by atoms with Crippen LogP contribution in [0.1, 0.15) is 76.2 Å². The molecule has 3 rings (SSSR count). The van der Waals surface area contributed by atoms with E-state index in [2.05, 4.69) is 13.0 Å². The van der Waals surface area contributed by atoms with Crippen LogP contribution in [0.3, 0.4) is 0 Å². The molecule has 5 heteroatoms. The second kappa shape index (κ2) is 6.77. The van der Waals surface area contributed by atoms with Gasteiger partial charge in [-0.1, -0.05) is 38.3 Å². The van der Waals surface area contributed by atoms with Crippen LogP contribution in [0.4, 0.5) is 0 Å². The summed E-state index contributed by atoms with van der Waals surface area (Å²) in [5, 5.41) is 0. The molecule has 25 heavy (non-hydrogen) atoms. The summed E-state index contributed by atoms with van der Waals surface area (Å²) in [5.41, 5.74) is 2.11. The largest absolute Gasteiger partial charge is 0.494 e. The Kier molecular flexibility index (Phi) is 5.00. The van der Waals surface area contributed by atoms with Crippen molar-refractivity contribution in [3.8, 4) is 0 Å². The van der Waals surface area contributed by atoms with Gasteiger partial charge < -0.3 is 14.2 Å². The quantitative estimate of drug-likeness (QED) is 0.586. The Bertz CT molecular complexity index is 640. The molecule has 0 aromatic heterocycles. The van der Waals surface area contributed by atoms with Gasteiger partial charge >= 0.3 is 7.12 Å². The van der Waals surface area contributed by atoms with Crippen molar-refractivity contribution in [2.24, 2.45) is 0 Å². The number of benzene rings is 1. The lowest BCUT2D eigenvalue weighted by Gasteiger charge is -2.32. The first-order chi connectivity index (χ1) is 11.7. The number of carbonyl (C=O) groups excluding carboxylic acids is 1. The number of hydrogen-bond donors (Lipinski definition) is 0. The van der Waals surface area contributed by atoms with Gasteiger partial charge in [-0.2, -0.15) is 0 Å². The van der Waals surface area contributed by atoms with Gasteiger partial charge in [0, 0.05) is 18.7 Å². The second-order valence-corrected chi connectivity index (χ2v) is 8.29. The molecule has 0 saturated carbocycles. The summed E-state index contributed by atoms with van der Waals surface area (Å²) in [5.74, 6) is 0.143.